The Morgan fingerprint density at radius 1 is 1.35 bits per heavy atom. The second-order valence-corrected chi connectivity index (χ2v) is 4.73. The number of carbonyl (C=O) groups excluding carboxylic acids is 1. The minimum Gasteiger partial charge on any atom is -0.349 e. The van der Waals surface area contributed by atoms with E-state index in [-0.39, 0.29) is 17.9 Å². The number of benzene rings is 1. The van der Waals surface area contributed by atoms with Gasteiger partial charge in [0, 0.05) is 12.5 Å². The summed E-state index contributed by atoms with van der Waals surface area (Å²) in [7, 11) is 0. The second kappa shape index (κ2) is 5.82. The molecule has 0 heterocycles. The van der Waals surface area contributed by atoms with Gasteiger partial charge < -0.3 is 11.1 Å². The Kier molecular flexibility index (Phi) is 4.70. The van der Waals surface area contributed by atoms with Gasteiger partial charge >= 0.3 is 0 Å². The van der Waals surface area contributed by atoms with Gasteiger partial charge in [0.1, 0.15) is 0 Å². The summed E-state index contributed by atoms with van der Waals surface area (Å²) in [6.45, 7) is 8.34. The van der Waals surface area contributed by atoms with E-state index in [0.717, 1.165) is 0 Å². The highest BCUT2D eigenvalue weighted by Crippen LogP contribution is 2.19. The predicted molar refractivity (Wildman–Crippen MR) is 70.7 cm³/mol. The largest absolute Gasteiger partial charge is 0.349 e. The molecule has 3 N–H and O–H groups in total. The summed E-state index contributed by atoms with van der Waals surface area (Å²) in [5.74, 6) is -0.122. The standard InChI is InChI=1S/C14H22N2O/c1-9-5-6-10(2)13(7-9)12(4)16-14(17)11(3)8-15/h5-7,11-12H,8,15H2,1-4H3,(H,16,17). The van der Waals surface area contributed by atoms with Gasteiger partial charge in [-0.2, -0.15) is 0 Å². The van der Waals surface area contributed by atoms with Gasteiger partial charge in [-0.05, 0) is 31.9 Å². The number of aryl methyl sites for hydroxylation is 2. The van der Waals surface area contributed by atoms with Gasteiger partial charge in [-0.1, -0.05) is 30.7 Å². The van der Waals surface area contributed by atoms with Gasteiger partial charge in [-0.3, -0.25) is 4.79 Å². The average molecular weight is 234 g/mol. The van der Waals surface area contributed by atoms with Crippen LogP contribution in [0.3, 0.4) is 0 Å². The van der Waals surface area contributed by atoms with Gasteiger partial charge in [0.15, 0.2) is 0 Å². The normalized spacial score (nSPS) is 14.2. The molecule has 0 aliphatic heterocycles. The van der Waals surface area contributed by atoms with Crippen LogP contribution in [-0.4, -0.2) is 12.5 Å². The summed E-state index contributed by atoms with van der Waals surface area (Å²) in [6.07, 6.45) is 0. The quantitative estimate of drug-likeness (QED) is 0.838. The van der Waals surface area contributed by atoms with Crippen molar-refractivity contribution in [2.75, 3.05) is 6.54 Å². The summed E-state index contributed by atoms with van der Waals surface area (Å²) >= 11 is 0. The molecule has 1 rings (SSSR count). The fourth-order valence-corrected chi connectivity index (χ4v) is 1.77. The van der Waals surface area contributed by atoms with Crippen molar-refractivity contribution in [3.63, 3.8) is 0 Å². The molecule has 0 aliphatic rings. The molecule has 0 saturated carbocycles. The van der Waals surface area contributed by atoms with E-state index in [1.165, 1.54) is 16.7 Å². The fraction of sp³-hybridized carbons (Fsp3) is 0.500. The lowest BCUT2D eigenvalue weighted by molar-refractivity contribution is -0.124. The van der Waals surface area contributed by atoms with E-state index in [4.69, 9.17) is 5.73 Å². The first kappa shape index (κ1) is 13.7. The number of nitrogens with two attached hydrogens (primary N) is 1. The Hall–Kier alpha value is -1.35. The molecule has 0 aromatic heterocycles. The molecule has 0 fully saturated rings. The van der Waals surface area contributed by atoms with Crippen molar-refractivity contribution < 1.29 is 4.79 Å². The summed E-state index contributed by atoms with van der Waals surface area (Å²) in [5.41, 5.74) is 9.05. The third-order valence-electron chi connectivity index (χ3n) is 3.06. The Labute approximate surface area is 103 Å². The maximum atomic E-state index is 11.8. The molecule has 1 aromatic rings. The van der Waals surface area contributed by atoms with Crippen LogP contribution >= 0.6 is 0 Å². The van der Waals surface area contributed by atoms with Crippen molar-refractivity contribution in [1.82, 2.24) is 5.32 Å². The fourth-order valence-electron chi connectivity index (χ4n) is 1.77. The van der Waals surface area contributed by atoms with Crippen molar-refractivity contribution in [3.05, 3.63) is 34.9 Å². The van der Waals surface area contributed by atoms with E-state index < -0.39 is 0 Å². The highest BCUT2D eigenvalue weighted by atomic mass is 16.1. The molecule has 0 saturated heterocycles. The molecule has 94 valence electrons. The average Bonchev–Trinajstić information content (AvgIpc) is 2.30. The molecule has 0 aliphatic carbocycles. The van der Waals surface area contributed by atoms with Crippen molar-refractivity contribution in [3.8, 4) is 0 Å². The highest BCUT2D eigenvalue weighted by Gasteiger charge is 2.15. The summed E-state index contributed by atoms with van der Waals surface area (Å²) in [4.78, 5) is 11.8. The molecule has 1 aromatic carbocycles. The SMILES string of the molecule is Cc1ccc(C)c(C(C)NC(=O)C(C)CN)c1. The Morgan fingerprint density at radius 2 is 2.00 bits per heavy atom. The first-order valence-electron chi connectivity index (χ1n) is 6.03. The summed E-state index contributed by atoms with van der Waals surface area (Å²) in [6, 6.07) is 6.31. The zero-order chi connectivity index (χ0) is 13.0. The van der Waals surface area contributed by atoms with Crippen molar-refractivity contribution >= 4 is 5.91 Å². The molecule has 0 radical (unpaired) electrons. The third kappa shape index (κ3) is 3.56. The Morgan fingerprint density at radius 3 is 2.59 bits per heavy atom. The second-order valence-electron chi connectivity index (χ2n) is 4.73. The monoisotopic (exact) mass is 234 g/mol. The van der Waals surface area contributed by atoms with Crippen molar-refractivity contribution in [2.24, 2.45) is 11.7 Å². The molecule has 3 nitrogen and oxygen atoms in total. The number of rotatable bonds is 4. The zero-order valence-corrected chi connectivity index (χ0v) is 11.1. The molecule has 0 bridgehead atoms. The molecular formula is C14H22N2O. The molecule has 17 heavy (non-hydrogen) atoms. The van der Waals surface area contributed by atoms with Crippen molar-refractivity contribution in [2.45, 2.75) is 33.7 Å². The minimum absolute atomic E-state index is 0.0147. The van der Waals surface area contributed by atoms with Crippen LogP contribution in [0, 0.1) is 19.8 Å². The lowest BCUT2D eigenvalue weighted by atomic mass is 9.99. The van der Waals surface area contributed by atoms with Crippen LogP contribution in [0.1, 0.15) is 36.6 Å². The van der Waals surface area contributed by atoms with E-state index >= 15 is 0 Å². The van der Waals surface area contributed by atoms with Crippen LogP contribution < -0.4 is 11.1 Å². The van der Waals surface area contributed by atoms with Gasteiger partial charge in [0.25, 0.3) is 0 Å². The van der Waals surface area contributed by atoms with E-state index in [0.29, 0.717) is 6.54 Å². The molecule has 3 heteroatoms. The lowest BCUT2D eigenvalue weighted by Gasteiger charge is -2.19. The van der Waals surface area contributed by atoms with Gasteiger partial charge in [0.2, 0.25) is 5.91 Å². The maximum absolute atomic E-state index is 11.8. The van der Waals surface area contributed by atoms with Crippen LogP contribution in [0.4, 0.5) is 0 Å². The topological polar surface area (TPSA) is 55.1 Å². The van der Waals surface area contributed by atoms with Gasteiger partial charge in [-0.25, -0.2) is 0 Å². The number of amides is 1. The van der Waals surface area contributed by atoms with Crippen LogP contribution in [0.2, 0.25) is 0 Å². The van der Waals surface area contributed by atoms with Crippen LogP contribution in [0.5, 0.6) is 0 Å². The number of carbonyl (C=O) groups is 1. The summed E-state index contributed by atoms with van der Waals surface area (Å²) in [5, 5.41) is 3.00. The Balaban J connectivity index is 2.79. The minimum atomic E-state index is -0.137. The first-order chi connectivity index (χ1) is 7.95. The van der Waals surface area contributed by atoms with Crippen LogP contribution in [0.15, 0.2) is 18.2 Å². The Bertz CT molecular complexity index is 401. The number of hydrogen-bond acceptors (Lipinski definition) is 2. The zero-order valence-electron chi connectivity index (χ0n) is 11.1. The first-order valence-corrected chi connectivity index (χ1v) is 6.03. The number of hydrogen-bond donors (Lipinski definition) is 2. The molecule has 1 amide bonds. The summed E-state index contributed by atoms with van der Waals surface area (Å²) < 4.78 is 0. The lowest BCUT2D eigenvalue weighted by Crippen LogP contribution is -2.35. The van der Waals surface area contributed by atoms with Crippen LogP contribution in [0.25, 0.3) is 0 Å². The smallest absolute Gasteiger partial charge is 0.224 e. The van der Waals surface area contributed by atoms with Gasteiger partial charge in [-0.15, -0.1) is 0 Å². The van der Waals surface area contributed by atoms with E-state index in [9.17, 15) is 4.79 Å². The highest BCUT2D eigenvalue weighted by molar-refractivity contribution is 5.79. The molecular weight excluding hydrogens is 212 g/mol. The van der Waals surface area contributed by atoms with Crippen LogP contribution in [-0.2, 0) is 4.79 Å². The molecule has 0 spiro atoms. The molecule has 2 atom stereocenters. The number of nitrogens with one attached hydrogen (secondary N) is 1. The van der Waals surface area contributed by atoms with E-state index in [1.807, 2.05) is 13.8 Å². The third-order valence-corrected chi connectivity index (χ3v) is 3.06. The van der Waals surface area contributed by atoms with E-state index in [1.54, 1.807) is 0 Å². The van der Waals surface area contributed by atoms with Crippen molar-refractivity contribution in [1.29, 1.82) is 0 Å². The van der Waals surface area contributed by atoms with E-state index in [2.05, 4.69) is 37.4 Å². The maximum Gasteiger partial charge on any atom is 0.224 e. The van der Waals surface area contributed by atoms with Gasteiger partial charge in [0.05, 0.1) is 6.04 Å². The predicted octanol–water partition coefficient (Wildman–Crippen LogP) is 2.08. The molecule has 2 unspecified atom stereocenters.